The molecule has 1 aliphatic rings. The molecule has 3 aromatic carbocycles. The first kappa shape index (κ1) is 23.7. The van der Waals surface area contributed by atoms with Crippen LogP contribution in [0, 0.1) is 0 Å². The quantitative estimate of drug-likeness (QED) is 0.213. The van der Waals surface area contributed by atoms with Crippen LogP contribution < -0.4 is 19.5 Å². The highest BCUT2D eigenvalue weighted by atomic mass is 32.2. The average Bonchev–Trinajstić information content (AvgIpc) is 3.08. The van der Waals surface area contributed by atoms with E-state index in [0.717, 1.165) is 22.4 Å². The van der Waals surface area contributed by atoms with E-state index in [1.54, 1.807) is 6.08 Å². The van der Waals surface area contributed by atoms with Gasteiger partial charge in [-0.3, -0.25) is 0 Å². The third kappa shape index (κ3) is 5.28. The summed E-state index contributed by atoms with van der Waals surface area (Å²) in [6.45, 7) is 6.67. The lowest BCUT2D eigenvalue weighted by atomic mass is 10.1. The standard InChI is InChI=1S/C28H26N4O3S/c1-3-16-36-28-30-27-25(31-32-28)21-12-8-9-13-22(21)29-26(35-27)20-14-15-23(24(17-20)33-4-2)34-18-19-10-6-5-7-11-19/h3,5-15,17,26,29H,1,4,16,18H2,2H3. The second-order valence-electron chi connectivity index (χ2n) is 7.95. The monoisotopic (exact) mass is 498 g/mol. The molecule has 0 saturated carbocycles. The zero-order chi connectivity index (χ0) is 24.7. The normalized spacial score (nSPS) is 13.9. The summed E-state index contributed by atoms with van der Waals surface area (Å²) in [4.78, 5) is 4.65. The Morgan fingerprint density at radius 1 is 1.00 bits per heavy atom. The van der Waals surface area contributed by atoms with Gasteiger partial charge in [-0.2, -0.15) is 4.98 Å². The maximum atomic E-state index is 6.39. The summed E-state index contributed by atoms with van der Waals surface area (Å²) >= 11 is 1.45. The van der Waals surface area contributed by atoms with Crippen molar-refractivity contribution in [1.82, 2.24) is 15.2 Å². The van der Waals surface area contributed by atoms with Gasteiger partial charge in [0.1, 0.15) is 6.61 Å². The number of anilines is 1. The van der Waals surface area contributed by atoms with Gasteiger partial charge in [0.15, 0.2) is 23.4 Å². The summed E-state index contributed by atoms with van der Waals surface area (Å²) in [6, 6.07) is 23.8. The molecule has 4 aromatic rings. The van der Waals surface area contributed by atoms with Crippen LogP contribution in [0.1, 0.15) is 24.3 Å². The largest absolute Gasteiger partial charge is 0.490 e. The van der Waals surface area contributed by atoms with Crippen LogP contribution in [0.25, 0.3) is 11.3 Å². The highest BCUT2D eigenvalue weighted by molar-refractivity contribution is 7.99. The number of para-hydroxylation sites is 1. The van der Waals surface area contributed by atoms with E-state index in [-0.39, 0.29) is 0 Å². The smallest absolute Gasteiger partial charge is 0.247 e. The van der Waals surface area contributed by atoms with Crippen molar-refractivity contribution in [1.29, 1.82) is 0 Å². The molecular formula is C28H26N4O3S. The van der Waals surface area contributed by atoms with E-state index in [1.165, 1.54) is 11.8 Å². The predicted molar refractivity (Wildman–Crippen MR) is 142 cm³/mol. The molecule has 5 rings (SSSR count). The third-order valence-electron chi connectivity index (χ3n) is 5.47. The van der Waals surface area contributed by atoms with Crippen LogP contribution >= 0.6 is 11.8 Å². The number of ether oxygens (including phenoxy) is 3. The Bertz CT molecular complexity index is 1350. The summed E-state index contributed by atoms with van der Waals surface area (Å²) in [5.74, 6) is 2.42. The summed E-state index contributed by atoms with van der Waals surface area (Å²) in [5.41, 5.74) is 4.31. The van der Waals surface area contributed by atoms with E-state index in [4.69, 9.17) is 14.2 Å². The number of fused-ring (bicyclic) bond motifs is 3. The van der Waals surface area contributed by atoms with E-state index in [2.05, 4.69) is 27.1 Å². The van der Waals surface area contributed by atoms with Gasteiger partial charge in [0, 0.05) is 22.6 Å². The van der Waals surface area contributed by atoms with Crippen molar-refractivity contribution < 1.29 is 14.2 Å². The van der Waals surface area contributed by atoms with Crippen LogP contribution in [0.2, 0.25) is 0 Å². The van der Waals surface area contributed by atoms with Gasteiger partial charge in [-0.1, -0.05) is 66.4 Å². The third-order valence-corrected chi connectivity index (χ3v) is 6.30. The Morgan fingerprint density at radius 3 is 2.67 bits per heavy atom. The van der Waals surface area contributed by atoms with Crippen molar-refractivity contribution in [2.75, 3.05) is 17.7 Å². The molecule has 0 aliphatic carbocycles. The Kier molecular flexibility index (Phi) is 7.33. The van der Waals surface area contributed by atoms with Gasteiger partial charge in [-0.25, -0.2) is 0 Å². The topological polar surface area (TPSA) is 78.4 Å². The van der Waals surface area contributed by atoms with Crippen molar-refractivity contribution >= 4 is 17.4 Å². The lowest BCUT2D eigenvalue weighted by molar-refractivity contribution is 0.223. The molecule has 0 spiro atoms. The molecule has 2 heterocycles. The maximum absolute atomic E-state index is 6.39. The second kappa shape index (κ2) is 11.1. The zero-order valence-corrected chi connectivity index (χ0v) is 20.7. The van der Waals surface area contributed by atoms with Crippen LogP contribution in [-0.2, 0) is 6.61 Å². The average molecular weight is 499 g/mol. The Hall–Kier alpha value is -4.04. The molecule has 1 aromatic heterocycles. The first-order chi connectivity index (χ1) is 17.7. The van der Waals surface area contributed by atoms with Gasteiger partial charge in [-0.15, -0.1) is 16.8 Å². The minimum Gasteiger partial charge on any atom is -0.490 e. The summed E-state index contributed by atoms with van der Waals surface area (Å²) < 4.78 is 18.4. The molecular weight excluding hydrogens is 472 g/mol. The molecule has 0 fully saturated rings. The Balaban J connectivity index is 1.47. The fourth-order valence-corrected chi connectivity index (χ4v) is 4.32. The number of nitrogens with zero attached hydrogens (tertiary/aromatic N) is 3. The Morgan fingerprint density at radius 2 is 1.83 bits per heavy atom. The summed E-state index contributed by atoms with van der Waals surface area (Å²) in [5, 5.41) is 12.7. The first-order valence-electron chi connectivity index (χ1n) is 11.7. The number of hydrogen-bond acceptors (Lipinski definition) is 8. The molecule has 1 atom stereocenters. The van der Waals surface area contributed by atoms with E-state index >= 15 is 0 Å². The number of hydrogen-bond donors (Lipinski definition) is 1. The van der Waals surface area contributed by atoms with Crippen molar-refractivity contribution in [3.8, 4) is 28.6 Å². The first-order valence-corrected chi connectivity index (χ1v) is 12.7. The Labute approximate surface area is 214 Å². The SMILES string of the molecule is C=CCSc1nnc2c(n1)OC(c1ccc(OCc3ccccc3)c(OCC)c1)Nc1ccccc1-2. The van der Waals surface area contributed by atoms with Gasteiger partial charge in [0.25, 0.3) is 0 Å². The van der Waals surface area contributed by atoms with Gasteiger partial charge < -0.3 is 19.5 Å². The molecule has 1 unspecified atom stereocenters. The predicted octanol–water partition coefficient (Wildman–Crippen LogP) is 6.30. The second-order valence-corrected chi connectivity index (χ2v) is 8.94. The van der Waals surface area contributed by atoms with E-state index in [9.17, 15) is 0 Å². The zero-order valence-electron chi connectivity index (χ0n) is 19.9. The number of aromatic nitrogens is 3. The number of benzene rings is 3. The number of nitrogens with one attached hydrogen (secondary N) is 1. The molecule has 0 amide bonds. The molecule has 1 N–H and O–H groups in total. The van der Waals surface area contributed by atoms with Crippen LogP contribution in [0.5, 0.6) is 17.4 Å². The molecule has 182 valence electrons. The van der Waals surface area contributed by atoms with Gasteiger partial charge in [0.2, 0.25) is 11.0 Å². The summed E-state index contributed by atoms with van der Waals surface area (Å²) in [6.07, 6.45) is 1.28. The fourth-order valence-electron chi connectivity index (χ4n) is 3.80. The lowest BCUT2D eigenvalue weighted by Crippen LogP contribution is -2.17. The van der Waals surface area contributed by atoms with Crippen molar-refractivity contribution in [2.45, 2.75) is 24.9 Å². The van der Waals surface area contributed by atoms with Gasteiger partial charge in [0.05, 0.1) is 6.61 Å². The molecule has 1 aliphatic heterocycles. The van der Waals surface area contributed by atoms with Crippen molar-refractivity contribution in [3.05, 3.63) is 96.6 Å². The van der Waals surface area contributed by atoms with Crippen LogP contribution in [0.4, 0.5) is 5.69 Å². The van der Waals surface area contributed by atoms with E-state index < -0.39 is 6.23 Å². The molecule has 0 saturated heterocycles. The molecule has 7 nitrogen and oxygen atoms in total. The molecule has 0 bridgehead atoms. The van der Waals surface area contributed by atoms with Crippen LogP contribution in [0.15, 0.2) is 90.6 Å². The molecule has 8 heteroatoms. The van der Waals surface area contributed by atoms with Gasteiger partial charge in [-0.05, 0) is 36.8 Å². The van der Waals surface area contributed by atoms with Crippen molar-refractivity contribution in [2.24, 2.45) is 0 Å². The van der Waals surface area contributed by atoms with Crippen LogP contribution in [0.3, 0.4) is 0 Å². The highest BCUT2D eigenvalue weighted by Crippen LogP contribution is 2.41. The van der Waals surface area contributed by atoms with Crippen LogP contribution in [-0.4, -0.2) is 27.5 Å². The highest BCUT2D eigenvalue weighted by Gasteiger charge is 2.26. The minimum absolute atomic E-state index is 0.418. The number of thioether (sulfide) groups is 1. The van der Waals surface area contributed by atoms with Gasteiger partial charge >= 0.3 is 0 Å². The summed E-state index contributed by atoms with van der Waals surface area (Å²) in [7, 11) is 0. The lowest BCUT2D eigenvalue weighted by Gasteiger charge is -2.21. The minimum atomic E-state index is -0.524. The fraction of sp³-hybridized carbons (Fsp3) is 0.179. The van der Waals surface area contributed by atoms with E-state index in [1.807, 2.05) is 79.7 Å². The van der Waals surface area contributed by atoms with Crippen molar-refractivity contribution in [3.63, 3.8) is 0 Å². The molecule has 36 heavy (non-hydrogen) atoms. The van der Waals surface area contributed by atoms with E-state index in [0.29, 0.717) is 47.2 Å². The maximum Gasteiger partial charge on any atom is 0.247 e. The molecule has 0 radical (unpaired) electrons. The number of rotatable bonds is 9.